The van der Waals surface area contributed by atoms with E-state index in [2.05, 4.69) is 23.9 Å². The molecule has 0 aromatic carbocycles. The van der Waals surface area contributed by atoms with Crippen molar-refractivity contribution in [3.05, 3.63) is 12.8 Å². The molecule has 0 aliphatic rings. The summed E-state index contributed by atoms with van der Waals surface area (Å²) >= 11 is 3.68. The summed E-state index contributed by atoms with van der Waals surface area (Å²) < 4.78 is 4.17. The van der Waals surface area contributed by atoms with Crippen molar-refractivity contribution in [1.82, 2.24) is 0 Å². The quantitative estimate of drug-likeness (QED) is 0.399. The number of ether oxygens (including phenoxy) is 1. The molecule has 0 spiro atoms. The standard InChI is InChI=1S/C4H6O2.C3H6O2S/c1-3-6-4(2)5;4-3(5)1-2-6/h3H,1H2,2H3;6H,1-2H2,(H,4,5). The summed E-state index contributed by atoms with van der Waals surface area (Å²) in [5.41, 5.74) is 0. The Morgan fingerprint density at radius 3 is 2.17 bits per heavy atom. The summed E-state index contributed by atoms with van der Waals surface area (Å²) in [5.74, 6) is -0.690. The molecule has 0 amide bonds. The van der Waals surface area contributed by atoms with Crippen LogP contribution < -0.4 is 0 Å². The molecule has 0 radical (unpaired) electrons. The first-order valence-corrected chi connectivity index (χ1v) is 3.78. The number of esters is 1. The van der Waals surface area contributed by atoms with E-state index in [-0.39, 0.29) is 12.4 Å². The lowest BCUT2D eigenvalue weighted by atomic mass is 10.5. The highest BCUT2D eigenvalue weighted by atomic mass is 32.1. The summed E-state index contributed by atoms with van der Waals surface area (Å²) in [7, 11) is 0. The van der Waals surface area contributed by atoms with Gasteiger partial charge in [0.05, 0.1) is 12.7 Å². The van der Waals surface area contributed by atoms with Gasteiger partial charge in [-0.25, -0.2) is 0 Å². The number of rotatable bonds is 3. The van der Waals surface area contributed by atoms with Crippen LogP contribution in [0.3, 0.4) is 0 Å². The van der Waals surface area contributed by atoms with Crippen molar-refractivity contribution >= 4 is 24.6 Å². The lowest BCUT2D eigenvalue weighted by Crippen LogP contribution is -1.93. The van der Waals surface area contributed by atoms with Crippen LogP contribution in [0.1, 0.15) is 13.3 Å². The highest BCUT2D eigenvalue weighted by Crippen LogP contribution is 1.79. The Hall–Kier alpha value is -0.970. The summed E-state index contributed by atoms with van der Waals surface area (Å²) in [6.45, 7) is 4.48. The third-order valence-electron chi connectivity index (χ3n) is 0.575. The second-order valence-corrected chi connectivity index (χ2v) is 2.09. The molecule has 5 heteroatoms. The molecule has 12 heavy (non-hydrogen) atoms. The zero-order valence-corrected chi connectivity index (χ0v) is 7.71. The molecule has 0 rings (SSSR count). The highest BCUT2D eigenvalue weighted by molar-refractivity contribution is 7.80. The minimum Gasteiger partial charge on any atom is -0.481 e. The van der Waals surface area contributed by atoms with Crippen LogP contribution in [0.25, 0.3) is 0 Å². The number of carbonyl (C=O) groups is 2. The Kier molecular flexibility index (Phi) is 11.4. The van der Waals surface area contributed by atoms with Gasteiger partial charge >= 0.3 is 11.9 Å². The molecule has 0 atom stereocenters. The third kappa shape index (κ3) is 23.0. The number of aliphatic carboxylic acids is 1. The van der Waals surface area contributed by atoms with Crippen LogP contribution in [0.2, 0.25) is 0 Å². The van der Waals surface area contributed by atoms with Gasteiger partial charge in [-0.2, -0.15) is 12.6 Å². The molecular formula is C7H12O4S. The average Bonchev–Trinajstić information content (AvgIpc) is 1.87. The van der Waals surface area contributed by atoms with Crippen LogP contribution in [-0.2, 0) is 14.3 Å². The minimum atomic E-state index is -0.787. The molecule has 4 nitrogen and oxygen atoms in total. The van der Waals surface area contributed by atoms with E-state index in [9.17, 15) is 9.59 Å². The molecule has 0 aromatic heterocycles. The third-order valence-corrected chi connectivity index (χ3v) is 0.799. The van der Waals surface area contributed by atoms with E-state index in [1.54, 1.807) is 0 Å². The van der Waals surface area contributed by atoms with Gasteiger partial charge in [-0.3, -0.25) is 9.59 Å². The molecule has 0 bridgehead atoms. The fraction of sp³-hybridized carbons (Fsp3) is 0.429. The number of carbonyl (C=O) groups excluding carboxylic acids is 1. The summed E-state index contributed by atoms with van der Waals surface area (Å²) in [6, 6.07) is 0. The lowest BCUT2D eigenvalue weighted by molar-refractivity contribution is -0.137. The number of carboxylic acids is 1. The van der Waals surface area contributed by atoms with Crippen molar-refractivity contribution in [1.29, 1.82) is 0 Å². The van der Waals surface area contributed by atoms with Crippen LogP contribution in [-0.4, -0.2) is 22.8 Å². The van der Waals surface area contributed by atoms with Gasteiger partial charge in [-0.05, 0) is 0 Å². The fourth-order valence-corrected chi connectivity index (χ4v) is 0.404. The first kappa shape index (κ1) is 13.6. The maximum atomic E-state index is 9.75. The normalized spacial score (nSPS) is 7.50. The topological polar surface area (TPSA) is 63.6 Å². The van der Waals surface area contributed by atoms with Gasteiger partial charge in [0, 0.05) is 12.7 Å². The van der Waals surface area contributed by atoms with Crippen molar-refractivity contribution < 1.29 is 19.4 Å². The Morgan fingerprint density at radius 2 is 2.17 bits per heavy atom. The van der Waals surface area contributed by atoms with Gasteiger partial charge in [-0.1, -0.05) is 6.58 Å². The predicted octanol–water partition coefficient (Wildman–Crippen LogP) is 1.08. The van der Waals surface area contributed by atoms with Gasteiger partial charge in [0.1, 0.15) is 0 Å². The van der Waals surface area contributed by atoms with Crippen molar-refractivity contribution in [3.8, 4) is 0 Å². The lowest BCUT2D eigenvalue weighted by Gasteiger charge is -1.83. The van der Waals surface area contributed by atoms with Gasteiger partial charge in [-0.15, -0.1) is 0 Å². The molecule has 0 saturated heterocycles. The molecule has 0 unspecified atom stereocenters. The predicted molar refractivity (Wildman–Crippen MR) is 48.1 cm³/mol. The number of thiol groups is 1. The zero-order valence-electron chi connectivity index (χ0n) is 6.82. The maximum Gasteiger partial charge on any atom is 0.307 e. The Morgan fingerprint density at radius 1 is 1.67 bits per heavy atom. The Labute approximate surface area is 76.6 Å². The molecule has 0 saturated carbocycles. The van der Waals surface area contributed by atoms with E-state index >= 15 is 0 Å². The van der Waals surface area contributed by atoms with Crippen LogP contribution >= 0.6 is 12.6 Å². The molecule has 1 N–H and O–H groups in total. The van der Waals surface area contributed by atoms with Crippen molar-refractivity contribution in [2.75, 3.05) is 5.75 Å². The maximum absolute atomic E-state index is 9.75. The molecule has 0 aliphatic carbocycles. The first-order chi connectivity index (χ1) is 5.54. The molecule has 0 fully saturated rings. The number of hydrogen-bond donors (Lipinski definition) is 2. The smallest absolute Gasteiger partial charge is 0.307 e. The second kappa shape index (κ2) is 10.0. The summed E-state index contributed by atoms with van der Waals surface area (Å²) in [6.07, 6.45) is 1.26. The van der Waals surface area contributed by atoms with Crippen LogP contribution in [0, 0.1) is 0 Å². The monoisotopic (exact) mass is 192 g/mol. The summed E-state index contributed by atoms with van der Waals surface area (Å²) in [5, 5.41) is 7.86. The Balaban J connectivity index is 0. The second-order valence-electron chi connectivity index (χ2n) is 1.64. The molecule has 0 aliphatic heterocycles. The van der Waals surface area contributed by atoms with Gasteiger partial charge in [0.25, 0.3) is 0 Å². The number of hydrogen-bond acceptors (Lipinski definition) is 4. The van der Waals surface area contributed by atoms with E-state index in [0.717, 1.165) is 6.26 Å². The van der Waals surface area contributed by atoms with Crippen LogP contribution in [0.4, 0.5) is 0 Å². The van der Waals surface area contributed by atoms with Crippen molar-refractivity contribution in [2.45, 2.75) is 13.3 Å². The fourth-order valence-electron chi connectivity index (χ4n) is 0.213. The molecule has 0 heterocycles. The molecular weight excluding hydrogens is 180 g/mol. The van der Waals surface area contributed by atoms with Crippen molar-refractivity contribution in [3.63, 3.8) is 0 Å². The van der Waals surface area contributed by atoms with Gasteiger partial charge in [0.15, 0.2) is 0 Å². The average molecular weight is 192 g/mol. The Bertz CT molecular complexity index is 155. The first-order valence-electron chi connectivity index (χ1n) is 3.15. The van der Waals surface area contributed by atoms with Crippen LogP contribution in [0.5, 0.6) is 0 Å². The largest absolute Gasteiger partial charge is 0.481 e. The van der Waals surface area contributed by atoms with Gasteiger partial charge < -0.3 is 9.84 Å². The van der Waals surface area contributed by atoms with E-state index in [4.69, 9.17) is 5.11 Å². The van der Waals surface area contributed by atoms with Crippen LogP contribution in [0.15, 0.2) is 12.8 Å². The van der Waals surface area contributed by atoms with E-state index < -0.39 is 5.97 Å². The van der Waals surface area contributed by atoms with E-state index in [1.807, 2.05) is 0 Å². The number of carboxylic acid groups (broad SMARTS) is 1. The molecule has 70 valence electrons. The van der Waals surface area contributed by atoms with Crippen molar-refractivity contribution in [2.24, 2.45) is 0 Å². The SMILES string of the molecule is C=COC(C)=O.O=C(O)CCS. The minimum absolute atomic E-state index is 0.156. The molecule has 0 aromatic rings. The highest BCUT2D eigenvalue weighted by Gasteiger charge is 1.88. The van der Waals surface area contributed by atoms with E-state index in [0.29, 0.717) is 5.75 Å². The summed E-state index contributed by atoms with van der Waals surface area (Å²) in [4.78, 5) is 19.3. The zero-order chi connectivity index (χ0) is 9.98. The van der Waals surface area contributed by atoms with E-state index in [1.165, 1.54) is 6.92 Å². The van der Waals surface area contributed by atoms with Gasteiger partial charge in [0.2, 0.25) is 0 Å².